The van der Waals surface area contributed by atoms with Gasteiger partial charge in [-0.1, -0.05) is 44.2 Å². The largest absolute Gasteiger partial charge is 0.384 e. The summed E-state index contributed by atoms with van der Waals surface area (Å²) in [6, 6.07) is 17.6. The van der Waals surface area contributed by atoms with Gasteiger partial charge in [0, 0.05) is 44.1 Å². The Kier molecular flexibility index (Phi) is 6.96. The highest BCUT2D eigenvalue weighted by Crippen LogP contribution is 2.23. The molecule has 0 amide bonds. The molecule has 1 heterocycles. The van der Waals surface area contributed by atoms with Crippen LogP contribution in [0.4, 0.5) is 11.4 Å². The van der Waals surface area contributed by atoms with Crippen LogP contribution < -0.4 is 15.5 Å². The molecular formula is C23H33N3. The van der Waals surface area contributed by atoms with Crippen molar-refractivity contribution in [1.29, 1.82) is 0 Å². The predicted octanol–water partition coefficient (Wildman–Crippen LogP) is 5.00. The van der Waals surface area contributed by atoms with Crippen molar-refractivity contribution in [1.82, 2.24) is 5.32 Å². The summed E-state index contributed by atoms with van der Waals surface area (Å²) in [5.74, 6) is 0.546. The second-order valence-electron chi connectivity index (χ2n) is 7.56. The number of piperidine rings is 1. The summed E-state index contributed by atoms with van der Waals surface area (Å²) in [7, 11) is 0. The number of nitrogens with one attached hydrogen (secondary N) is 2. The van der Waals surface area contributed by atoms with Crippen LogP contribution in [0.25, 0.3) is 0 Å². The summed E-state index contributed by atoms with van der Waals surface area (Å²) in [6.45, 7) is 9.72. The Morgan fingerprint density at radius 3 is 2.54 bits per heavy atom. The zero-order valence-electron chi connectivity index (χ0n) is 16.3. The minimum Gasteiger partial charge on any atom is -0.384 e. The zero-order valence-corrected chi connectivity index (χ0v) is 16.3. The molecule has 2 aromatic carbocycles. The molecule has 0 spiro atoms. The van der Waals surface area contributed by atoms with Crippen molar-refractivity contribution < 1.29 is 0 Å². The first-order valence-corrected chi connectivity index (χ1v) is 10.1. The lowest BCUT2D eigenvalue weighted by atomic mass is 10.0. The van der Waals surface area contributed by atoms with Crippen molar-refractivity contribution in [2.45, 2.75) is 45.6 Å². The topological polar surface area (TPSA) is 27.3 Å². The molecule has 2 aromatic rings. The minimum absolute atomic E-state index is 0.546. The average molecular weight is 352 g/mol. The zero-order chi connectivity index (χ0) is 18.2. The van der Waals surface area contributed by atoms with Gasteiger partial charge in [0.25, 0.3) is 0 Å². The lowest BCUT2D eigenvalue weighted by Gasteiger charge is -2.29. The third-order valence-corrected chi connectivity index (χ3v) is 5.16. The molecule has 0 unspecified atom stereocenters. The van der Waals surface area contributed by atoms with Crippen LogP contribution in [0, 0.1) is 0 Å². The molecule has 0 aliphatic carbocycles. The Bertz CT molecular complexity index is 675. The SMILES string of the molecule is CC(C)c1ccccc1NCCNCc1cccc(N2CCCCC2)c1. The standard InChI is InChI=1S/C23H33N3/c1-19(2)22-11-4-5-12-23(22)25-14-13-24-18-20-9-8-10-21(17-20)26-15-6-3-7-16-26/h4-5,8-12,17,19,24-25H,3,6-7,13-16,18H2,1-2H3. The molecule has 3 heteroatoms. The summed E-state index contributed by atoms with van der Waals surface area (Å²) in [5.41, 5.74) is 5.40. The average Bonchev–Trinajstić information content (AvgIpc) is 2.69. The highest BCUT2D eigenvalue weighted by atomic mass is 15.1. The fourth-order valence-electron chi connectivity index (χ4n) is 3.69. The first-order valence-electron chi connectivity index (χ1n) is 10.1. The van der Waals surface area contributed by atoms with Crippen LogP contribution in [0.3, 0.4) is 0 Å². The molecular weight excluding hydrogens is 318 g/mol. The fraction of sp³-hybridized carbons (Fsp3) is 0.478. The first kappa shape index (κ1) is 18.8. The lowest BCUT2D eigenvalue weighted by molar-refractivity contribution is 0.577. The third kappa shape index (κ3) is 5.25. The molecule has 3 rings (SSSR count). The van der Waals surface area contributed by atoms with Crippen LogP contribution in [0.2, 0.25) is 0 Å². The van der Waals surface area contributed by atoms with Crippen molar-refractivity contribution in [3.05, 3.63) is 59.7 Å². The molecule has 3 nitrogen and oxygen atoms in total. The quantitative estimate of drug-likeness (QED) is 0.655. The van der Waals surface area contributed by atoms with Crippen molar-refractivity contribution in [2.75, 3.05) is 36.4 Å². The van der Waals surface area contributed by atoms with Crippen LogP contribution in [-0.4, -0.2) is 26.2 Å². The van der Waals surface area contributed by atoms with E-state index in [9.17, 15) is 0 Å². The maximum atomic E-state index is 3.57. The van der Waals surface area contributed by atoms with Crippen LogP contribution in [0.1, 0.15) is 50.2 Å². The molecule has 1 saturated heterocycles. The second-order valence-corrected chi connectivity index (χ2v) is 7.56. The predicted molar refractivity (Wildman–Crippen MR) is 113 cm³/mol. The van der Waals surface area contributed by atoms with E-state index in [1.165, 1.54) is 54.9 Å². The van der Waals surface area contributed by atoms with E-state index in [-0.39, 0.29) is 0 Å². The van der Waals surface area contributed by atoms with Crippen LogP contribution in [0.5, 0.6) is 0 Å². The van der Waals surface area contributed by atoms with Gasteiger partial charge in [0.15, 0.2) is 0 Å². The highest BCUT2D eigenvalue weighted by Gasteiger charge is 2.11. The number of nitrogens with zero attached hydrogens (tertiary/aromatic N) is 1. The number of para-hydroxylation sites is 1. The molecule has 26 heavy (non-hydrogen) atoms. The summed E-state index contributed by atoms with van der Waals surface area (Å²) < 4.78 is 0. The summed E-state index contributed by atoms with van der Waals surface area (Å²) in [5, 5.41) is 7.14. The van der Waals surface area contributed by atoms with Gasteiger partial charge in [-0.3, -0.25) is 0 Å². The number of rotatable bonds is 8. The molecule has 0 aromatic heterocycles. The Labute approximate surface area is 158 Å². The molecule has 2 N–H and O–H groups in total. The maximum Gasteiger partial charge on any atom is 0.0375 e. The van der Waals surface area contributed by atoms with Crippen molar-refractivity contribution in [3.8, 4) is 0 Å². The van der Waals surface area contributed by atoms with Gasteiger partial charge >= 0.3 is 0 Å². The normalized spacial score (nSPS) is 14.7. The van der Waals surface area contributed by atoms with Gasteiger partial charge in [-0.25, -0.2) is 0 Å². The highest BCUT2D eigenvalue weighted by molar-refractivity contribution is 5.52. The molecule has 0 atom stereocenters. The van der Waals surface area contributed by atoms with E-state index >= 15 is 0 Å². The molecule has 0 radical (unpaired) electrons. The van der Waals surface area contributed by atoms with E-state index in [2.05, 4.69) is 77.9 Å². The van der Waals surface area contributed by atoms with E-state index < -0.39 is 0 Å². The van der Waals surface area contributed by atoms with Crippen molar-refractivity contribution in [3.63, 3.8) is 0 Å². The molecule has 1 aliphatic rings. The van der Waals surface area contributed by atoms with Gasteiger partial charge in [-0.05, 0) is 54.5 Å². The Hall–Kier alpha value is -2.00. The van der Waals surface area contributed by atoms with Crippen LogP contribution >= 0.6 is 0 Å². The Morgan fingerprint density at radius 2 is 1.73 bits per heavy atom. The molecule has 1 fully saturated rings. The molecule has 1 aliphatic heterocycles. The van der Waals surface area contributed by atoms with Gasteiger partial charge in [0.2, 0.25) is 0 Å². The van der Waals surface area contributed by atoms with E-state index in [1.807, 2.05) is 0 Å². The smallest absolute Gasteiger partial charge is 0.0375 e. The second kappa shape index (κ2) is 9.63. The number of hydrogen-bond donors (Lipinski definition) is 2. The van der Waals surface area contributed by atoms with Gasteiger partial charge in [0.1, 0.15) is 0 Å². The summed E-state index contributed by atoms with van der Waals surface area (Å²) in [6.07, 6.45) is 4.03. The fourth-order valence-corrected chi connectivity index (χ4v) is 3.69. The van der Waals surface area contributed by atoms with Gasteiger partial charge in [0.05, 0.1) is 0 Å². The number of benzene rings is 2. The van der Waals surface area contributed by atoms with Gasteiger partial charge < -0.3 is 15.5 Å². The minimum atomic E-state index is 0.546. The Morgan fingerprint density at radius 1 is 0.923 bits per heavy atom. The monoisotopic (exact) mass is 351 g/mol. The summed E-state index contributed by atoms with van der Waals surface area (Å²) >= 11 is 0. The van der Waals surface area contributed by atoms with E-state index in [4.69, 9.17) is 0 Å². The molecule has 140 valence electrons. The van der Waals surface area contributed by atoms with Gasteiger partial charge in [-0.2, -0.15) is 0 Å². The Balaban J connectivity index is 1.44. The van der Waals surface area contributed by atoms with E-state index in [0.717, 1.165) is 19.6 Å². The van der Waals surface area contributed by atoms with E-state index in [1.54, 1.807) is 0 Å². The third-order valence-electron chi connectivity index (χ3n) is 5.16. The van der Waals surface area contributed by atoms with Crippen molar-refractivity contribution >= 4 is 11.4 Å². The number of anilines is 2. The van der Waals surface area contributed by atoms with E-state index in [0.29, 0.717) is 5.92 Å². The summed E-state index contributed by atoms with van der Waals surface area (Å²) in [4.78, 5) is 2.53. The maximum absolute atomic E-state index is 3.57. The van der Waals surface area contributed by atoms with Crippen LogP contribution in [-0.2, 0) is 6.54 Å². The van der Waals surface area contributed by atoms with Crippen LogP contribution in [0.15, 0.2) is 48.5 Å². The molecule has 0 bridgehead atoms. The van der Waals surface area contributed by atoms with Gasteiger partial charge in [-0.15, -0.1) is 0 Å². The van der Waals surface area contributed by atoms with Crippen molar-refractivity contribution in [2.24, 2.45) is 0 Å². The number of hydrogen-bond acceptors (Lipinski definition) is 3. The first-order chi connectivity index (χ1) is 12.7. The molecule has 0 saturated carbocycles. The lowest BCUT2D eigenvalue weighted by Crippen LogP contribution is -2.29.